The molecule has 0 aromatic heterocycles. The summed E-state index contributed by atoms with van der Waals surface area (Å²) in [7, 11) is 0. The first-order valence-corrected chi connectivity index (χ1v) is 8.85. The number of hydrogen-bond acceptors (Lipinski definition) is 10. The van der Waals surface area contributed by atoms with Crippen molar-refractivity contribution in [1.29, 1.82) is 0 Å². The highest BCUT2D eigenvalue weighted by atomic mass is 16.6. The summed E-state index contributed by atoms with van der Waals surface area (Å²) >= 11 is 0. The summed E-state index contributed by atoms with van der Waals surface area (Å²) in [4.78, 5) is 46.3. The maximum atomic E-state index is 12.0. The van der Waals surface area contributed by atoms with Gasteiger partial charge in [0.1, 0.15) is 34.8 Å². The predicted octanol–water partition coefficient (Wildman–Crippen LogP) is -0.962. The molecule has 0 saturated heterocycles. The van der Waals surface area contributed by atoms with Crippen LogP contribution in [0.4, 0.5) is 0 Å². The smallest absolute Gasteiger partial charge is 0.343 e. The first kappa shape index (κ1) is 24.4. The number of aromatic carboxylic acids is 2. The van der Waals surface area contributed by atoms with Gasteiger partial charge >= 0.3 is 23.9 Å². The zero-order valence-corrected chi connectivity index (χ0v) is 16.1. The summed E-state index contributed by atoms with van der Waals surface area (Å²) in [5.74, 6) is -6.97. The van der Waals surface area contributed by atoms with Crippen LogP contribution in [0.5, 0.6) is 11.5 Å². The average molecular weight is 450 g/mol. The van der Waals surface area contributed by atoms with Gasteiger partial charge in [0.2, 0.25) is 0 Å². The van der Waals surface area contributed by atoms with Crippen molar-refractivity contribution >= 4 is 23.9 Å². The first-order valence-electron chi connectivity index (χ1n) is 8.85. The molecular weight excluding hydrogens is 432 g/mol. The van der Waals surface area contributed by atoms with Gasteiger partial charge in [0.15, 0.2) is 12.2 Å². The van der Waals surface area contributed by atoms with Crippen molar-refractivity contribution in [2.24, 2.45) is 0 Å². The van der Waals surface area contributed by atoms with Gasteiger partial charge < -0.3 is 40.1 Å². The van der Waals surface area contributed by atoms with Crippen LogP contribution in [0.15, 0.2) is 48.5 Å². The second kappa shape index (κ2) is 10.5. The third-order valence-corrected chi connectivity index (χ3v) is 4.14. The molecule has 0 bridgehead atoms. The lowest BCUT2D eigenvalue weighted by atomic mass is 10.0. The zero-order chi connectivity index (χ0) is 24.0. The van der Waals surface area contributed by atoms with E-state index >= 15 is 0 Å². The highest BCUT2D eigenvalue weighted by Crippen LogP contribution is 2.21. The molecule has 0 heterocycles. The predicted molar refractivity (Wildman–Crippen MR) is 102 cm³/mol. The molecule has 0 spiro atoms. The zero-order valence-electron chi connectivity index (χ0n) is 16.1. The average Bonchev–Trinajstić information content (AvgIpc) is 2.77. The second-order valence-electron chi connectivity index (χ2n) is 6.32. The normalized spacial score (nSPS) is 14.5. The van der Waals surface area contributed by atoms with E-state index in [2.05, 4.69) is 0 Å². The number of ether oxygens (including phenoxy) is 2. The van der Waals surface area contributed by atoms with Crippen LogP contribution in [0.1, 0.15) is 20.7 Å². The van der Waals surface area contributed by atoms with Crippen LogP contribution in [0.3, 0.4) is 0 Å². The third-order valence-electron chi connectivity index (χ3n) is 4.14. The minimum atomic E-state index is -2.50. The molecule has 4 atom stereocenters. The molecule has 2 aromatic rings. The van der Waals surface area contributed by atoms with E-state index in [0.717, 1.165) is 24.3 Å². The Morgan fingerprint density at radius 2 is 0.906 bits per heavy atom. The Morgan fingerprint density at radius 1 is 0.594 bits per heavy atom. The van der Waals surface area contributed by atoms with Crippen LogP contribution in [0.25, 0.3) is 0 Å². The van der Waals surface area contributed by atoms with Gasteiger partial charge in [-0.05, 0) is 24.3 Å². The van der Waals surface area contributed by atoms with Gasteiger partial charge in [-0.3, -0.25) is 0 Å². The summed E-state index contributed by atoms with van der Waals surface area (Å²) in [5, 5.41) is 57.9. The third kappa shape index (κ3) is 5.65. The maximum absolute atomic E-state index is 12.0. The Balaban J connectivity index is 2.08. The number of benzene rings is 2. The molecule has 170 valence electrons. The SMILES string of the molecule is O=C(O)c1ccccc1OC(=O)C(O)C(O)C(O)C(O)C(=O)Oc1ccccc1C(=O)O. The fourth-order valence-corrected chi connectivity index (χ4v) is 2.45. The summed E-state index contributed by atoms with van der Waals surface area (Å²) in [6.45, 7) is 0. The molecule has 12 heteroatoms. The lowest BCUT2D eigenvalue weighted by molar-refractivity contribution is -0.169. The minimum absolute atomic E-state index is 0.427. The molecule has 0 saturated carbocycles. The molecule has 0 radical (unpaired) electrons. The van der Waals surface area contributed by atoms with Crippen LogP contribution < -0.4 is 9.47 Å². The van der Waals surface area contributed by atoms with E-state index in [1.807, 2.05) is 0 Å². The number of para-hydroxylation sites is 2. The van der Waals surface area contributed by atoms with E-state index < -0.39 is 70.9 Å². The quantitative estimate of drug-likeness (QED) is 0.202. The van der Waals surface area contributed by atoms with E-state index in [1.54, 1.807) is 0 Å². The fraction of sp³-hybridized carbons (Fsp3) is 0.200. The lowest BCUT2D eigenvalue weighted by Crippen LogP contribution is -2.51. The van der Waals surface area contributed by atoms with Crippen molar-refractivity contribution in [2.45, 2.75) is 24.4 Å². The van der Waals surface area contributed by atoms with Gasteiger partial charge in [-0.1, -0.05) is 24.3 Å². The van der Waals surface area contributed by atoms with E-state index in [9.17, 15) is 39.6 Å². The number of carbonyl (C=O) groups is 4. The number of hydrogen-bond donors (Lipinski definition) is 6. The molecule has 0 aliphatic carbocycles. The Bertz CT molecular complexity index is 936. The Labute approximate surface area is 179 Å². The van der Waals surface area contributed by atoms with Crippen LogP contribution in [-0.2, 0) is 9.59 Å². The molecule has 12 nitrogen and oxygen atoms in total. The van der Waals surface area contributed by atoms with Gasteiger partial charge in [-0.15, -0.1) is 0 Å². The Kier molecular flexibility index (Phi) is 7.98. The van der Waals surface area contributed by atoms with Crippen LogP contribution in [0, 0.1) is 0 Å². The summed E-state index contributed by atoms with van der Waals surface area (Å²) in [6.07, 6.45) is -9.92. The summed E-state index contributed by atoms with van der Waals surface area (Å²) in [6, 6.07) is 9.78. The van der Waals surface area contributed by atoms with Gasteiger partial charge in [-0.2, -0.15) is 0 Å². The topological polar surface area (TPSA) is 208 Å². The summed E-state index contributed by atoms with van der Waals surface area (Å²) in [5.41, 5.74) is -0.854. The van der Waals surface area contributed by atoms with Gasteiger partial charge in [0.05, 0.1) is 0 Å². The molecular formula is C20H18O12. The Morgan fingerprint density at radius 3 is 1.22 bits per heavy atom. The van der Waals surface area contributed by atoms with Crippen molar-refractivity contribution in [3.05, 3.63) is 59.7 Å². The van der Waals surface area contributed by atoms with Gasteiger partial charge in [0, 0.05) is 0 Å². The molecule has 32 heavy (non-hydrogen) atoms. The summed E-state index contributed by atoms with van der Waals surface area (Å²) < 4.78 is 9.43. The molecule has 0 aliphatic heterocycles. The number of aliphatic hydroxyl groups is 4. The number of carboxylic acid groups (broad SMARTS) is 2. The molecule has 0 fully saturated rings. The van der Waals surface area contributed by atoms with E-state index in [-0.39, 0.29) is 0 Å². The highest BCUT2D eigenvalue weighted by molar-refractivity contribution is 5.93. The van der Waals surface area contributed by atoms with Crippen molar-refractivity contribution in [3.63, 3.8) is 0 Å². The molecule has 2 rings (SSSR count). The number of esters is 2. The van der Waals surface area contributed by atoms with Gasteiger partial charge in [-0.25, -0.2) is 19.2 Å². The van der Waals surface area contributed by atoms with Crippen molar-refractivity contribution in [1.82, 2.24) is 0 Å². The fourth-order valence-electron chi connectivity index (χ4n) is 2.45. The standard InChI is InChI=1S/C20H18O12/c21-13(15(23)19(29)31-11-7-3-1-5-9(11)17(25)26)14(22)16(24)20(30)32-12-8-4-2-6-10(12)18(27)28/h1-8,13-16,21-24H,(H,25,26)(H,27,28). The molecule has 6 N–H and O–H groups in total. The molecule has 0 aliphatic rings. The Hall–Kier alpha value is -3.84. The van der Waals surface area contributed by atoms with E-state index in [1.165, 1.54) is 24.3 Å². The van der Waals surface area contributed by atoms with E-state index in [0.29, 0.717) is 0 Å². The number of carboxylic acids is 2. The molecule has 0 amide bonds. The number of rotatable bonds is 9. The minimum Gasteiger partial charge on any atom is -0.478 e. The van der Waals surface area contributed by atoms with Crippen LogP contribution >= 0.6 is 0 Å². The largest absolute Gasteiger partial charge is 0.478 e. The van der Waals surface area contributed by atoms with Crippen molar-refractivity contribution < 1.29 is 59.3 Å². The number of aliphatic hydroxyl groups excluding tert-OH is 4. The number of carbonyl (C=O) groups excluding carboxylic acids is 2. The second-order valence-corrected chi connectivity index (χ2v) is 6.32. The first-order chi connectivity index (χ1) is 15.0. The van der Waals surface area contributed by atoms with Crippen molar-refractivity contribution in [3.8, 4) is 11.5 Å². The maximum Gasteiger partial charge on any atom is 0.343 e. The highest BCUT2D eigenvalue weighted by Gasteiger charge is 2.39. The lowest BCUT2D eigenvalue weighted by Gasteiger charge is -2.24. The monoisotopic (exact) mass is 450 g/mol. The van der Waals surface area contributed by atoms with Crippen LogP contribution in [-0.4, -0.2) is 78.9 Å². The van der Waals surface area contributed by atoms with Gasteiger partial charge in [0.25, 0.3) is 0 Å². The molecule has 4 unspecified atom stereocenters. The van der Waals surface area contributed by atoms with Crippen LogP contribution in [0.2, 0.25) is 0 Å². The molecule has 2 aromatic carbocycles. The van der Waals surface area contributed by atoms with Crippen molar-refractivity contribution in [2.75, 3.05) is 0 Å². The van der Waals surface area contributed by atoms with E-state index in [4.69, 9.17) is 19.7 Å².